The van der Waals surface area contributed by atoms with Crippen molar-refractivity contribution in [1.29, 1.82) is 0 Å². The minimum absolute atomic E-state index is 0.830. The van der Waals surface area contributed by atoms with E-state index < -0.39 is 0 Å². The van der Waals surface area contributed by atoms with Gasteiger partial charge in [-0.25, -0.2) is 0 Å². The van der Waals surface area contributed by atoms with Crippen LogP contribution in [0.2, 0.25) is 0 Å². The summed E-state index contributed by atoms with van der Waals surface area (Å²) in [7, 11) is 0. The van der Waals surface area contributed by atoms with E-state index in [1.807, 2.05) is 18.2 Å². The van der Waals surface area contributed by atoms with Crippen LogP contribution in [0.15, 0.2) is 24.3 Å². The highest BCUT2D eigenvalue weighted by Gasteiger charge is 2.08. The van der Waals surface area contributed by atoms with Crippen LogP contribution < -0.4 is 10.1 Å². The SMILES string of the molecule is Cc1ccccc1OCCCCN1CCNCC1. The van der Waals surface area contributed by atoms with Gasteiger partial charge in [-0.1, -0.05) is 18.2 Å². The fraction of sp³-hybridized carbons (Fsp3) is 0.600. The second-order valence-electron chi connectivity index (χ2n) is 4.91. The van der Waals surface area contributed by atoms with Crippen molar-refractivity contribution in [2.75, 3.05) is 39.3 Å². The van der Waals surface area contributed by atoms with E-state index in [0.29, 0.717) is 0 Å². The molecular weight excluding hydrogens is 224 g/mol. The minimum Gasteiger partial charge on any atom is -0.493 e. The van der Waals surface area contributed by atoms with E-state index in [1.54, 1.807) is 0 Å². The van der Waals surface area contributed by atoms with E-state index in [4.69, 9.17) is 4.74 Å². The molecule has 1 aromatic carbocycles. The standard InChI is InChI=1S/C15H24N2O/c1-14-6-2-3-7-15(14)18-13-5-4-10-17-11-8-16-9-12-17/h2-3,6-7,16H,4-5,8-13H2,1H3. The van der Waals surface area contributed by atoms with Gasteiger partial charge in [-0.3, -0.25) is 0 Å². The summed E-state index contributed by atoms with van der Waals surface area (Å²) in [4.78, 5) is 2.53. The number of hydrogen-bond acceptors (Lipinski definition) is 3. The Hall–Kier alpha value is -1.06. The molecule has 0 saturated carbocycles. The van der Waals surface area contributed by atoms with Gasteiger partial charge in [-0.05, 0) is 37.9 Å². The lowest BCUT2D eigenvalue weighted by atomic mass is 10.2. The van der Waals surface area contributed by atoms with E-state index in [2.05, 4.69) is 23.2 Å². The molecule has 0 radical (unpaired) electrons. The zero-order valence-electron chi connectivity index (χ0n) is 11.3. The molecule has 0 unspecified atom stereocenters. The van der Waals surface area contributed by atoms with Crippen LogP contribution in [0.25, 0.3) is 0 Å². The Kier molecular flexibility index (Phi) is 5.49. The smallest absolute Gasteiger partial charge is 0.122 e. The van der Waals surface area contributed by atoms with Gasteiger partial charge in [-0.2, -0.15) is 0 Å². The van der Waals surface area contributed by atoms with Crippen LogP contribution in [0.5, 0.6) is 5.75 Å². The quantitative estimate of drug-likeness (QED) is 0.780. The summed E-state index contributed by atoms with van der Waals surface area (Å²) in [5.41, 5.74) is 1.22. The van der Waals surface area contributed by atoms with Crippen molar-refractivity contribution in [3.63, 3.8) is 0 Å². The van der Waals surface area contributed by atoms with E-state index in [0.717, 1.165) is 31.9 Å². The van der Waals surface area contributed by atoms with Crippen molar-refractivity contribution >= 4 is 0 Å². The molecule has 2 rings (SSSR count). The fourth-order valence-corrected chi connectivity index (χ4v) is 2.27. The third kappa shape index (κ3) is 4.31. The van der Waals surface area contributed by atoms with E-state index >= 15 is 0 Å². The molecule has 1 fully saturated rings. The van der Waals surface area contributed by atoms with Gasteiger partial charge in [0.2, 0.25) is 0 Å². The maximum atomic E-state index is 5.80. The van der Waals surface area contributed by atoms with Crippen molar-refractivity contribution < 1.29 is 4.74 Å². The van der Waals surface area contributed by atoms with E-state index in [-0.39, 0.29) is 0 Å². The van der Waals surface area contributed by atoms with Gasteiger partial charge >= 0.3 is 0 Å². The van der Waals surface area contributed by atoms with Crippen LogP contribution in [0.3, 0.4) is 0 Å². The summed E-state index contributed by atoms with van der Waals surface area (Å²) >= 11 is 0. The van der Waals surface area contributed by atoms with Gasteiger partial charge in [0.05, 0.1) is 6.61 Å². The number of unbranched alkanes of at least 4 members (excludes halogenated alkanes) is 1. The first-order valence-corrected chi connectivity index (χ1v) is 6.98. The number of benzene rings is 1. The molecule has 0 spiro atoms. The van der Waals surface area contributed by atoms with Gasteiger partial charge in [0.15, 0.2) is 0 Å². The summed E-state index contributed by atoms with van der Waals surface area (Å²) in [5, 5.41) is 3.38. The molecule has 1 N–H and O–H groups in total. The molecule has 1 heterocycles. The average Bonchev–Trinajstić information content (AvgIpc) is 2.42. The zero-order valence-corrected chi connectivity index (χ0v) is 11.3. The van der Waals surface area contributed by atoms with Crippen molar-refractivity contribution in [3.8, 4) is 5.75 Å². The summed E-state index contributed by atoms with van der Waals surface area (Å²) in [6.45, 7) is 8.79. The van der Waals surface area contributed by atoms with Gasteiger partial charge < -0.3 is 15.0 Å². The normalized spacial score (nSPS) is 16.7. The van der Waals surface area contributed by atoms with Crippen molar-refractivity contribution in [2.24, 2.45) is 0 Å². The lowest BCUT2D eigenvalue weighted by Crippen LogP contribution is -2.43. The second-order valence-corrected chi connectivity index (χ2v) is 4.91. The number of hydrogen-bond donors (Lipinski definition) is 1. The topological polar surface area (TPSA) is 24.5 Å². The largest absolute Gasteiger partial charge is 0.493 e. The molecule has 1 aliphatic heterocycles. The number of nitrogens with zero attached hydrogens (tertiary/aromatic N) is 1. The molecule has 0 aliphatic carbocycles. The molecule has 3 heteroatoms. The maximum Gasteiger partial charge on any atom is 0.122 e. The van der Waals surface area contributed by atoms with Crippen LogP contribution in [-0.4, -0.2) is 44.2 Å². The molecule has 0 bridgehead atoms. The molecular formula is C15H24N2O. The Morgan fingerprint density at radius 2 is 1.94 bits per heavy atom. The number of para-hydroxylation sites is 1. The highest BCUT2D eigenvalue weighted by molar-refractivity contribution is 5.31. The molecule has 0 amide bonds. The Morgan fingerprint density at radius 1 is 1.17 bits per heavy atom. The van der Waals surface area contributed by atoms with Gasteiger partial charge in [0, 0.05) is 26.2 Å². The molecule has 100 valence electrons. The van der Waals surface area contributed by atoms with Crippen molar-refractivity contribution in [2.45, 2.75) is 19.8 Å². The predicted molar refractivity (Wildman–Crippen MR) is 75.2 cm³/mol. The van der Waals surface area contributed by atoms with Crippen LogP contribution in [0.4, 0.5) is 0 Å². The molecule has 3 nitrogen and oxygen atoms in total. The van der Waals surface area contributed by atoms with Crippen LogP contribution >= 0.6 is 0 Å². The monoisotopic (exact) mass is 248 g/mol. The van der Waals surface area contributed by atoms with Crippen molar-refractivity contribution in [3.05, 3.63) is 29.8 Å². The molecule has 0 aromatic heterocycles. The Morgan fingerprint density at radius 3 is 2.72 bits per heavy atom. The molecule has 1 aliphatic rings. The van der Waals surface area contributed by atoms with Crippen LogP contribution in [0, 0.1) is 6.92 Å². The molecule has 18 heavy (non-hydrogen) atoms. The average molecular weight is 248 g/mol. The van der Waals surface area contributed by atoms with Crippen molar-refractivity contribution in [1.82, 2.24) is 10.2 Å². The molecule has 0 atom stereocenters. The van der Waals surface area contributed by atoms with Gasteiger partial charge in [-0.15, -0.1) is 0 Å². The first kappa shape index (κ1) is 13.4. The number of aryl methyl sites for hydroxylation is 1. The lowest BCUT2D eigenvalue weighted by molar-refractivity contribution is 0.226. The van der Waals surface area contributed by atoms with Crippen LogP contribution in [0.1, 0.15) is 18.4 Å². The molecule has 1 aromatic rings. The summed E-state index contributed by atoms with van der Waals surface area (Å²) in [6.07, 6.45) is 2.37. The minimum atomic E-state index is 0.830. The molecule has 1 saturated heterocycles. The number of ether oxygens (including phenoxy) is 1. The maximum absolute atomic E-state index is 5.80. The first-order valence-electron chi connectivity index (χ1n) is 6.98. The fourth-order valence-electron chi connectivity index (χ4n) is 2.27. The van der Waals surface area contributed by atoms with Crippen LogP contribution in [-0.2, 0) is 0 Å². The third-order valence-corrected chi connectivity index (χ3v) is 3.43. The highest BCUT2D eigenvalue weighted by Crippen LogP contribution is 2.16. The third-order valence-electron chi connectivity index (χ3n) is 3.43. The van der Waals surface area contributed by atoms with E-state index in [9.17, 15) is 0 Å². The lowest BCUT2D eigenvalue weighted by Gasteiger charge is -2.27. The van der Waals surface area contributed by atoms with Gasteiger partial charge in [0.25, 0.3) is 0 Å². The predicted octanol–water partition coefficient (Wildman–Crippen LogP) is 2.06. The Labute approximate surface area is 110 Å². The number of rotatable bonds is 6. The number of nitrogens with one attached hydrogen (secondary N) is 1. The number of piperazine rings is 1. The second kappa shape index (κ2) is 7.39. The summed E-state index contributed by atoms with van der Waals surface area (Å²) < 4.78 is 5.80. The van der Waals surface area contributed by atoms with E-state index in [1.165, 1.54) is 31.6 Å². The van der Waals surface area contributed by atoms with Gasteiger partial charge in [0.1, 0.15) is 5.75 Å². The zero-order chi connectivity index (χ0) is 12.6. The highest BCUT2D eigenvalue weighted by atomic mass is 16.5. The Balaban J connectivity index is 1.57. The Bertz CT molecular complexity index is 348. The summed E-state index contributed by atoms with van der Waals surface area (Å²) in [5.74, 6) is 1.03. The first-order chi connectivity index (χ1) is 8.86. The summed E-state index contributed by atoms with van der Waals surface area (Å²) in [6, 6.07) is 8.22.